The van der Waals surface area contributed by atoms with Crippen molar-refractivity contribution in [1.82, 2.24) is 0 Å². The zero-order valence-electron chi connectivity index (χ0n) is 18.7. The van der Waals surface area contributed by atoms with Gasteiger partial charge in [-0.25, -0.2) is 9.59 Å². The molecular formula is C25H23F3N2O4. The van der Waals surface area contributed by atoms with Crippen LogP contribution in [0.25, 0.3) is 0 Å². The Morgan fingerprint density at radius 2 is 1.65 bits per heavy atom. The fraction of sp³-hybridized carbons (Fsp3) is 0.200. The van der Waals surface area contributed by atoms with Crippen LogP contribution in [-0.2, 0) is 25.2 Å². The Hall–Kier alpha value is -4.01. The van der Waals surface area contributed by atoms with E-state index in [4.69, 9.17) is 9.47 Å². The molecule has 0 spiro atoms. The molecule has 1 N–H and O–H groups in total. The molecule has 0 fully saturated rings. The molecule has 2 aromatic carbocycles. The Morgan fingerprint density at radius 1 is 0.971 bits per heavy atom. The van der Waals surface area contributed by atoms with Crippen LogP contribution in [-0.4, -0.2) is 26.2 Å². The normalized spacial score (nSPS) is 14.5. The summed E-state index contributed by atoms with van der Waals surface area (Å²) in [6, 6.07) is 12.2. The Morgan fingerprint density at radius 3 is 2.26 bits per heavy atom. The molecule has 0 bridgehead atoms. The lowest BCUT2D eigenvalue weighted by atomic mass is 10.1. The van der Waals surface area contributed by atoms with Crippen molar-refractivity contribution in [2.24, 2.45) is 0 Å². The first kappa shape index (κ1) is 24.6. The number of nitrogens with zero attached hydrogens (tertiary/aromatic N) is 1. The zero-order chi connectivity index (χ0) is 24.9. The number of carbonyl (C=O) groups excluding carboxylic acids is 2. The van der Waals surface area contributed by atoms with Gasteiger partial charge in [0.1, 0.15) is 5.70 Å². The van der Waals surface area contributed by atoms with E-state index in [1.807, 2.05) is 37.3 Å². The lowest BCUT2D eigenvalue weighted by Gasteiger charge is -2.28. The molecule has 178 valence electrons. The van der Waals surface area contributed by atoms with Crippen LogP contribution in [0, 0.1) is 0 Å². The Bertz CT molecular complexity index is 1150. The number of benzene rings is 2. The fourth-order valence-electron chi connectivity index (χ4n) is 3.44. The number of halogens is 3. The van der Waals surface area contributed by atoms with Gasteiger partial charge in [-0.3, -0.25) is 0 Å². The van der Waals surface area contributed by atoms with Gasteiger partial charge in [0.05, 0.1) is 36.7 Å². The van der Waals surface area contributed by atoms with Crippen LogP contribution in [0.4, 0.5) is 24.5 Å². The highest BCUT2D eigenvalue weighted by atomic mass is 19.4. The Balaban J connectivity index is 2.21. The Kier molecular flexibility index (Phi) is 7.45. The number of hydrogen-bond donors (Lipinski definition) is 1. The van der Waals surface area contributed by atoms with E-state index >= 15 is 0 Å². The van der Waals surface area contributed by atoms with Gasteiger partial charge in [0.25, 0.3) is 0 Å². The fourth-order valence-corrected chi connectivity index (χ4v) is 3.44. The molecule has 2 aromatic rings. The summed E-state index contributed by atoms with van der Waals surface area (Å²) in [5, 5.41) is 3.20. The summed E-state index contributed by atoms with van der Waals surface area (Å²) in [6.45, 7) is 1.85. The van der Waals surface area contributed by atoms with Gasteiger partial charge in [0.15, 0.2) is 0 Å². The van der Waals surface area contributed by atoms with Gasteiger partial charge >= 0.3 is 18.1 Å². The van der Waals surface area contributed by atoms with E-state index in [2.05, 4.69) is 5.32 Å². The number of methoxy groups -OCH3 is 2. The molecule has 1 aliphatic heterocycles. The average molecular weight is 472 g/mol. The number of ether oxygens (including phenoxy) is 2. The predicted octanol–water partition coefficient (Wildman–Crippen LogP) is 5.37. The van der Waals surface area contributed by atoms with E-state index in [-0.39, 0.29) is 23.0 Å². The molecule has 1 heterocycles. The molecule has 3 rings (SSSR count). The van der Waals surface area contributed by atoms with Gasteiger partial charge in [0.2, 0.25) is 0 Å². The minimum atomic E-state index is -4.63. The van der Waals surface area contributed by atoms with E-state index < -0.39 is 23.7 Å². The molecule has 0 saturated heterocycles. The number of rotatable bonds is 6. The number of nitrogens with one attached hydrogen (secondary N) is 1. The topological polar surface area (TPSA) is 67.9 Å². The van der Waals surface area contributed by atoms with Crippen molar-refractivity contribution < 1.29 is 32.2 Å². The highest BCUT2D eigenvalue weighted by molar-refractivity contribution is 6.06. The van der Waals surface area contributed by atoms with Crippen molar-refractivity contribution in [2.75, 3.05) is 24.4 Å². The largest absolute Gasteiger partial charge is 0.465 e. The van der Waals surface area contributed by atoms with Crippen molar-refractivity contribution in [3.63, 3.8) is 0 Å². The van der Waals surface area contributed by atoms with Gasteiger partial charge in [0, 0.05) is 12.2 Å². The van der Waals surface area contributed by atoms with E-state index in [0.717, 1.165) is 31.9 Å². The lowest BCUT2D eigenvalue weighted by Crippen LogP contribution is -2.28. The van der Waals surface area contributed by atoms with Gasteiger partial charge in [-0.2, -0.15) is 13.2 Å². The highest BCUT2D eigenvalue weighted by Crippen LogP contribution is 2.39. The predicted molar refractivity (Wildman–Crippen MR) is 122 cm³/mol. The molecule has 1 aliphatic rings. The summed E-state index contributed by atoms with van der Waals surface area (Å²) < 4.78 is 50.5. The molecule has 0 amide bonds. The summed E-state index contributed by atoms with van der Waals surface area (Å²) in [4.78, 5) is 26.3. The first-order chi connectivity index (χ1) is 16.2. The maximum atomic E-state index is 13.6. The van der Waals surface area contributed by atoms with Crippen LogP contribution >= 0.6 is 0 Å². The van der Waals surface area contributed by atoms with Crippen LogP contribution in [0.2, 0.25) is 0 Å². The molecule has 34 heavy (non-hydrogen) atoms. The van der Waals surface area contributed by atoms with Gasteiger partial charge in [-0.15, -0.1) is 0 Å². The molecule has 0 aliphatic carbocycles. The molecule has 0 radical (unpaired) electrons. The van der Waals surface area contributed by atoms with E-state index in [0.29, 0.717) is 5.69 Å². The first-order valence-corrected chi connectivity index (χ1v) is 10.2. The summed E-state index contributed by atoms with van der Waals surface area (Å²) in [7, 11) is 2.25. The second kappa shape index (κ2) is 10.3. The summed E-state index contributed by atoms with van der Waals surface area (Å²) in [5.41, 5.74) is -0.163. The van der Waals surface area contributed by atoms with Crippen LogP contribution < -0.4 is 10.2 Å². The molecular weight excluding hydrogens is 449 g/mol. The third kappa shape index (κ3) is 5.31. The van der Waals surface area contributed by atoms with Crippen LogP contribution in [0.15, 0.2) is 84.2 Å². The van der Waals surface area contributed by atoms with Crippen molar-refractivity contribution in [2.45, 2.75) is 19.1 Å². The van der Waals surface area contributed by atoms with Gasteiger partial charge in [-0.05, 0) is 42.8 Å². The minimum Gasteiger partial charge on any atom is -0.465 e. The number of anilines is 2. The maximum Gasteiger partial charge on any atom is 0.416 e. The smallest absolute Gasteiger partial charge is 0.416 e. The van der Waals surface area contributed by atoms with Crippen molar-refractivity contribution in [3.8, 4) is 0 Å². The number of carbonyl (C=O) groups is 2. The highest BCUT2D eigenvalue weighted by Gasteiger charge is 2.34. The third-order valence-electron chi connectivity index (χ3n) is 5.15. The van der Waals surface area contributed by atoms with Crippen LogP contribution in [0.5, 0.6) is 0 Å². The summed E-state index contributed by atoms with van der Waals surface area (Å²) in [6.07, 6.45) is 1.05. The van der Waals surface area contributed by atoms with Gasteiger partial charge < -0.3 is 19.7 Å². The van der Waals surface area contributed by atoms with Crippen LogP contribution in [0.3, 0.4) is 0 Å². The molecule has 1 unspecified atom stereocenters. The van der Waals surface area contributed by atoms with E-state index in [1.165, 1.54) is 35.4 Å². The third-order valence-corrected chi connectivity index (χ3v) is 5.15. The average Bonchev–Trinajstić information content (AvgIpc) is 3.06. The standard InChI is InChI=1S/C25H23F3N2O4/c1-16(17-9-5-4-6-10-17)29-20-13-12-18(25(26,27)28)15-21(20)30-14-8-7-11-19(23(31)33-2)22(30)24(32)34-3/h4-16,29H,1-3H3. The lowest BCUT2D eigenvalue weighted by molar-refractivity contribution is -0.139. The molecule has 1 atom stereocenters. The van der Waals surface area contributed by atoms with Gasteiger partial charge in [-0.1, -0.05) is 36.4 Å². The molecule has 0 aromatic heterocycles. The summed E-state index contributed by atoms with van der Waals surface area (Å²) in [5.74, 6) is -1.76. The minimum absolute atomic E-state index is 0.000593. The SMILES string of the molecule is COC(=O)C1=C(C(=O)OC)N(c2cc(C(F)(F)F)ccc2NC(C)c2ccccc2)C=CC=C1. The van der Waals surface area contributed by atoms with Crippen molar-refractivity contribution in [3.05, 3.63) is 95.4 Å². The Labute approximate surface area is 195 Å². The molecule has 0 saturated carbocycles. The second-order valence-electron chi connectivity index (χ2n) is 7.32. The molecule has 9 heteroatoms. The number of allylic oxidation sites excluding steroid dienone is 2. The maximum absolute atomic E-state index is 13.6. The van der Waals surface area contributed by atoms with E-state index in [9.17, 15) is 22.8 Å². The van der Waals surface area contributed by atoms with Crippen molar-refractivity contribution in [1.29, 1.82) is 0 Å². The number of alkyl halides is 3. The summed E-state index contributed by atoms with van der Waals surface area (Å²) >= 11 is 0. The van der Waals surface area contributed by atoms with Crippen molar-refractivity contribution >= 4 is 23.3 Å². The molecule has 6 nitrogen and oxygen atoms in total. The number of hydrogen-bond acceptors (Lipinski definition) is 6. The number of esters is 2. The second-order valence-corrected chi connectivity index (χ2v) is 7.32. The zero-order valence-corrected chi connectivity index (χ0v) is 18.7. The first-order valence-electron chi connectivity index (χ1n) is 10.2. The monoisotopic (exact) mass is 472 g/mol. The van der Waals surface area contributed by atoms with E-state index in [1.54, 1.807) is 0 Å². The van der Waals surface area contributed by atoms with Crippen LogP contribution in [0.1, 0.15) is 24.1 Å². The quantitative estimate of drug-likeness (QED) is 0.571.